The van der Waals surface area contributed by atoms with Gasteiger partial charge in [0, 0.05) is 13.1 Å². The second kappa shape index (κ2) is 5.07. The van der Waals surface area contributed by atoms with E-state index in [4.69, 9.17) is 23.2 Å². The van der Waals surface area contributed by atoms with Gasteiger partial charge in [0.1, 0.15) is 0 Å². The van der Waals surface area contributed by atoms with Gasteiger partial charge in [-0.05, 0) is 31.4 Å². The predicted molar refractivity (Wildman–Crippen MR) is 65.9 cm³/mol. The topological polar surface area (TPSA) is 20.3 Å². The lowest BCUT2D eigenvalue weighted by molar-refractivity contribution is 0.0742. The number of hydrogen-bond donors (Lipinski definition) is 0. The third-order valence-corrected chi connectivity index (χ3v) is 3.49. The summed E-state index contributed by atoms with van der Waals surface area (Å²) in [5.74, 6) is -0.0272. The maximum absolute atomic E-state index is 12.1. The van der Waals surface area contributed by atoms with Gasteiger partial charge in [-0.2, -0.15) is 0 Å². The zero-order valence-corrected chi connectivity index (χ0v) is 10.3. The standard InChI is InChI=1S/C12H12Cl2NO/c13-10-6-4-5-9(11(10)14)12(16)15-7-2-1-3-8-15/h1,4-6H,2-3,7-8H2. The minimum atomic E-state index is -0.0272. The second-order valence-electron chi connectivity index (χ2n) is 3.76. The van der Waals surface area contributed by atoms with Gasteiger partial charge in [-0.1, -0.05) is 29.3 Å². The molecular weight excluding hydrogens is 245 g/mol. The van der Waals surface area contributed by atoms with Crippen molar-refractivity contribution >= 4 is 29.1 Å². The molecule has 1 heterocycles. The minimum Gasteiger partial charge on any atom is -0.339 e. The molecule has 16 heavy (non-hydrogen) atoms. The number of rotatable bonds is 1. The molecule has 1 aromatic carbocycles. The zero-order chi connectivity index (χ0) is 11.5. The summed E-state index contributed by atoms with van der Waals surface area (Å²) in [6, 6.07) is 5.15. The zero-order valence-electron chi connectivity index (χ0n) is 8.75. The average molecular weight is 257 g/mol. The fourth-order valence-electron chi connectivity index (χ4n) is 1.79. The summed E-state index contributed by atoms with van der Waals surface area (Å²) in [5, 5.41) is 0.778. The number of halogens is 2. The lowest BCUT2D eigenvalue weighted by Gasteiger charge is -2.27. The number of amides is 1. The number of carbonyl (C=O) groups excluding carboxylic acids is 1. The fourth-order valence-corrected chi connectivity index (χ4v) is 2.17. The molecular formula is C12H12Cl2NO. The van der Waals surface area contributed by atoms with E-state index in [-0.39, 0.29) is 5.91 Å². The summed E-state index contributed by atoms with van der Waals surface area (Å²) < 4.78 is 0. The van der Waals surface area contributed by atoms with Crippen LogP contribution >= 0.6 is 23.2 Å². The Labute approximate surface area is 105 Å². The first-order chi connectivity index (χ1) is 7.70. The van der Waals surface area contributed by atoms with Crippen LogP contribution in [0.1, 0.15) is 23.2 Å². The van der Waals surface area contributed by atoms with E-state index >= 15 is 0 Å². The van der Waals surface area contributed by atoms with E-state index in [0.717, 1.165) is 25.9 Å². The molecule has 0 aromatic heterocycles. The van der Waals surface area contributed by atoms with Crippen LogP contribution in [0.5, 0.6) is 0 Å². The molecule has 1 saturated heterocycles. The fraction of sp³-hybridized carbons (Fsp3) is 0.333. The highest BCUT2D eigenvalue weighted by Crippen LogP contribution is 2.27. The van der Waals surface area contributed by atoms with Gasteiger partial charge in [0.2, 0.25) is 0 Å². The summed E-state index contributed by atoms with van der Waals surface area (Å²) in [5.41, 5.74) is 0.496. The third kappa shape index (κ3) is 2.33. The van der Waals surface area contributed by atoms with Crippen molar-refractivity contribution in [3.05, 3.63) is 40.2 Å². The average Bonchev–Trinajstić information content (AvgIpc) is 2.33. The summed E-state index contributed by atoms with van der Waals surface area (Å²) in [6.07, 6.45) is 4.09. The van der Waals surface area contributed by atoms with E-state index in [0.29, 0.717) is 15.6 Å². The number of hydrogen-bond acceptors (Lipinski definition) is 1. The van der Waals surface area contributed by atoms with Crippen molar-refractivity contribution in [3.8, 4) is 0 Å². The van der Waals surface area contributed by atoms with Crippen molar-refractivity contribution in [1.82, 2.24) is 4.90 Å². The van der Waals surface area contributed by atoms with Crippen molar-refractivity contribution in [2.75, 3.05) is 13.1 Å². The van der Waals surface area contributed by atoms with Crippen LogP contribution in [-0.2, 0) is 0 Å². The van der Waals surface area contributed by atoms with Gasteiger partial charge in [-0.15, -0.1) is 0 Å². The Hall–Kier alpha value is -0.730. The largest absolute Gasteiger partial charge is 0.339 e. The van der Waals surface area contributed by atoms with Crippen LogP contribution in [-0.4, -0.2) is 23.9 Å². The van der Waals surface area contributed by atoms with Crippen molar-refractivity contribution in [2.24, 2.45) is 0 Å². The van der Waals surface area contributed by atoms with E-state index in [1.165, 1.54) is 0 Å². The molecule has 2 nitrogen and oxygen atoms in total. The normalized spacial score (nSPS) is 16.2. The predicted octanol–water partition coefficient (Wildman–Crippen LogP) is 3.43. The Kier molecular flexibility index (Phi) is 3.72. The highest BCUT2D eigenvalue weighted by atomic mass is 35.5. The summed E-state index contributed by atoms with van der Waals surface area (Å²) in [6.45, 7) is 1.53. The molecule has 0 spiro atoms. The molecule has 4 heteroatoms. The molecule has 0 N–H and O–H groups in total. The van der Waals surface area contributed by atoms with E-state index in [9.17, 15) is 4.79 Å². The molecule has 1 radical (unpaired) electrons. The molecule has 1 aliphatic rings. The monoisotopic (exact) mass is 256 g/mol. The summed E-state index contributed by atoms with van der Waals surface area (Å²) >= 11 is 11.9. The Morgan fingerprint density at radius 2 is 1.88 bits per heavy atom. The maximum Gasteiger partial charge on any atom is 0.255 e. The van der Waals surface area contributed by atoms with Crippen LogP contribution in [0.2, 0.25) is 10.0 Å². The molecule has 0 bridgehead atoms. The van der Waals surface area contributed by atoms with Crippen LogP contribution in [0.25, 0.3) is 0 Å². The SMILES string of the molecule is O=C(c1cccc(Cl)c1Cl)N1CC[CH]CC1. The Bertz CT molecular complexity index is 400. The maximum atomic E-state index is 12.1. The lowest BCUT2D eigenvalue weighted by atomic mass is 10.1. The van der Waals surface area contributed by atoms with Gasteiger partial charge in [-0.25, -0.2) is 0 Å². The quantitative estimate of drug-likeness (QED) is 0.754. The second-order valence-corrected chi connectivity index (χ2v) is 4.54. The molecule has 0 unspecified atom stereocenters. The van der Waals surface area contributed by atoms with Crippen LogP contribution < -0.4 is 0 Å². The van der Waals surface area contributed by atoms with Crippen molar-refractivity contribution in [3.63, 3.8) is 0 Å². The van der Waals surface area contributed by atoms with Crippen LogP contribution in [0.4, 0.5) is 0 Å². The van der Waals surface area contributed by atoms with E-state index in [1.807, 2.05) is 4.90 Å². The van der Waals surface area contributed by atoms with Crippen molar-refractivity contribution in [1.29, 1.82) is 0 Å². The van der Waals surface area contributed by atoms with Crippen molar-refractivity contribution in [2.45, 2.75) is 12.8 Å². The third-order valence-electron chi connectivity index (χ3n) is 2.68. The summed E-state index contributed by atoms with van der Waals surface area (Å²) in [7, 11) is 0. The minimum absolute atomic E-state index is 0.0272. The number of nitrogens with zero attached hydrogens (tertiary/aromatic N) is 1. The highest BCUT2D eigenvalue weighted by molar-refractivity contribution is 6.43. The summed E-state index contributed by atoms with van der Waals surface area (Å²) in [4.78, 5) is 14.0. The molecule has 0 atom stereocenters. The van der Waals surface area contributed by atoms with Crippen LogP contribution in [0.15, 0.2) is 18.2 Å². The van der Waals surface area contributed by atoms with Crippen LogP contribution in [0.3, 0.4) is 0 Å². The van der Waals surface area contributed by atoms with E-state index in [1.54, 1.807) is 18.2 Å². The van der Waals surface area contributed by atoms with Crippen molar-refractivity contribution < 1.29 is 4.79 Å². The van der Waals surface area contributed by atoms with Gasteiger partial charge >= 0.3 is 0 Å². The van der Waals surface area contributed by atoms with Crippen LogP contribution in [0, 0.1) is 6.42 Å². The molecule has 0 aliphatic carbocycles. The molecule has 0 saturated carbocycles. The molecule has 2 rings (SSSR count). The highest BCUT2D eigenvalue weighted by Gasteiger charge is 2.20. The number of likely N-dealkylation sites (tertiary alicyclic amines) is 1. The lowest BCUT2D eigenvalue weighted by Crippen LogP contribution is -2.35. The molecule has 85 valence electrons. The van der Waals surface area contributed by atoms with Gasteiger partial charge < -0.3 is 4.90 Å². The molecule has 1 fully saturated rings. The Balaban J connectivity index is 2.22. The smallest absolute Gasteiger partial charge is 0.255 e. The first-order valence-corrected chi connectivity index (χ1v) is 6.00. The molecule has 1 aliphatic heterocycles. The number of benzene rings is 1. The van der Waals surface area contributed by atoms with Gasteiger partial charge in [0.15, 0.2) is 0 Å². The van der Waals surface area contributed by atoms with Gasteiger partial charge in [-0.3, -0.25) is 4.79 Å². The number of piperidine rings is 1. The first kappa shape index (κ1) is 11.7. The first-order valence-electron chi connectivity index (χ1n) is 5.25. The van der Waals surface area contributed by atoms with Gasteiger partial charge in [0.25, 0.3) is 5.91 Å². The molecule has 1 amide bonds. The molecule has 1 aromatic rings. The van der Waals surface area contributed by atoms with Gasteiger partial charge in [0.05, 0.1) is 15.6 Å². The van der Waals surface area contributed by atoms with E-state index < -0.39 is 0 Å². The van der Waals surface area contributed by atoms with E-state index in [2.05, 4.69) is 6.42 Å². The Morgan fingerprint density at radius 3 is 2.56 bits per heavy atom. The number of carbonyl (C=O) groups is 1. The Morgan fingerprint density at radius 1 is 1.19 bits per heavy atom.